The molecule has 0 saturated heterocycles. The second-order valence-corrected chi connectivity index (χ2v) is 4.93. The third-order valence-electron chi connectivity index (χ3n) is 3.23. The van der Waals surface area contributed by atoms with Gasteiger partial charge in [-0.15, -0.1) is 0 Å². The first-order valence-corrected chi connectivity index (χ1v) is 7.24. The van der Waals surface area contributed by atoms with Crippen LogP contribution in [0.2, 0.25) is 0 Å². The van der Waals surface area contributed by atoms with Crippen molar-refractivity contribution in [3.63, 3.8) is 0 Å². The topological polar surface area (TPSA) is 72.8 Å². The van der Waals surface area contributed by atoms with Gasteiger partial charge in [0.2, 0.25) is 0 Å². The van der Waals surface area contributed by atoms with Gasteiger partial charge in [0.15, 0.2) is 5.78 Å². The first-order chi connectivity index (χ1) is 11.0. The van der Waals surface area contributed by atoms with Crippen LogP contribution in [-0.2, 0) is 11.3 Å². The number of phenolic OH excluding ortho intramolecular Hbond substituents is 1. The summed E-state index contributed by atoms with van der Waals surface area (Å²) in [5.41, 5.74) is 1.50. The molecule has 0 aliphatic heterocycles. The minimum Gasteiger partial charge on any atom is -0.508 e. The highest BCUT2D eigenvalue weighted by Gasteiger charge is 2.12. The highest BCUT2D eigenvalue weighted by Crippen LogP contribution is 2.22. The van der Waals surface area contributed by atoms with Gasteiger partial charge in [-0.05, 0) is 56.3 Å². The number of ether oxygens (including phenoxy) is 2. The van der Waals surface area contributed by atoms with Crippen molar-refractivity contribution < 1.29 is 24.2 Å². The second kappa shape index (κ2) is 7.45. The van der Waals surface area contributed by atoms with Crippen LogP contribution in [0.5, 0.6) is 11.5 Å². The monoisotopic (exact) mass is 314 g/mol. The lowest BCUT2D eigenvalue weighted by atomic mass is 10.1. The molecule has 0 bridgehead atoms. The van der Waals surface area contributed by atoms with Gasteiger partial charge >= 0.3 is 5.97 Å². The number of esters is 1. The van der Waals surface area contributed by atoms with Crippen LogP contribution in [0.25, 0.3) is 0 Å². The molecule has 5 nitrogen and oxygen atoms in total. The molecule has 120 valence electrons. The zero-order chi connectivity index (χ0) is 16.8. The molecule has 5 heteroatoms. The molecular weight excluding hydrogens is 296 g/mol. The van der Waals surface area contributed by atoms with E-state index in [-0.39, 0.29) is 18.1 Å². The maximum atomic E-state index is 12.0. The van der Waals surface area contributed by atoms with Crippen molar-refractivity contribution in [2.75, 3.05) is 6.61 Å². The Morgan fingerprint density at radius 2 is 1.70 bits per heavy atom. The quantitative estimate of drug-likeness (QED) is 0.654. The normalized spacial score (nSPS) is 10.2. The van der Waals surface area contributed by atoms with E-state index in [0.29, 0.717) is 29.0 Å². The predicted octanol–water partition coefficient (Wildman–Crippen LogP) is 3.35. The lowest BCUT2D eigenvalue weighted by Crippen LogP contribution is -2.07. The number of aromatic hydroxyl groups is 1. The van der Waals surface area contributed by atoms with E-state index in [4.69, 9.17) is 9.47 Å². The summed E-state index contributed by atoms with van der Waals surface area (Å²) in [5, 5.41) is 9.22. The Balaban J connectivity index is 2.14. The number of benzene rings is 2. The van der Waals surface area contributed by atoms with Crippen LogP contribution in [0, 0.1) is 0 Å². The summed E-state index contributed by atoms with van der Waals surface area (Å²) in [7, 11) is 0. The van der Waals surface area contributed by atoms with E-state index in [9.17, 15) is 14.7 Å². The number of hydrogen-bond acceptors (Lipinski definition) is 5. The van der Waals surface area contributed by atoms with Crippen molar-refractivity contribution in [2.45, 2.75) is 20.5 Å². The van der Waals surface area contributed by atoms with Crippen LogP contribution in [0.1, 0.15) is 40.1 Å². The number of ketones is 1. The number of hydrogen-bond donors (Lipinski definition) is 1. The first kappa shape index (κ1) is 16.5. The molecule has 0 aliphatic carbocycles. The molecule has 23 heavy (non-hydrogen) atoms. The fourth-order valence-corrected chi connectivity index (χ4v) is 2.03. The van der Waals surface area contributed by atoms with Crippen LogP contribution in [0.4, 0.5) is 0 Å². The number of carbonyl (C=O) groups excluding carboxylic acids is 2. The molecule has 0 fully saturated rings. The molecule has 0 aromatic heterocycles. The molecule has 0 spiro atoms. The van der Waals surface area contributed by atoms with Gasteiger partial charge < -0.3 is 14.6 Å². The molecule has 1 N–H and O–H groups in total. The molecule has 0 radical (unpaired) electrons. The lowest BCUT2D eigenvalue weighted by Gasteiger charge is -2.12. The van der Waals surface area contributed by atoms with Crippen LogP contribution in [0.15, 0.2) is 42.5 Å². The van der Waals surface area contributed by atoms with Crippen molar-refractivity contribution in [3.8, 4) is 11.5 Å². The fraction of sp³-hybridized carbons (Fsp3) is 0.222. The number of rotatable bonds is 6. The molecule has 2 aromatic rings. The largest absolute Gasteiger partial charge is 0.508 e. The van der Waals surface area contributed by atoms with E-state index in [1.54, 1.807) is 18.2 Å². The third-order valence-corrected chi connectivity index (χ3v) is 3.23. The Morgan fingerprint density at radius 3 is 2.30 bits per heavy atom. The fourth-order valence-electron chi connectivity index (χ4n) is 2.03. The Hall–Kier alpha value is -2.82. The van der Waals surface area contributed by atoms with Crippen molar-refractivity contribution in [3.05, 3.63) is 59.2 Å². The minimum atomic E-state index is -0.513. The summed E-state index contributed by atoms with van der Waals surface area (Å²) in [6.45, 7) is 3.79. The minimum absolute atomic E-state index is 0.00381. The van der Waals surface area contributed by atoms with E-state index in [1.165, 1.54) is 31.2 Å². The zero-order valence-electron chi connectivity index (χ0n) is 13.0. The van der Waals surface area contributed by atoms with Gasteiger partial charge in [-0.25, -0.2) is 4.79 Å². The maximum absolute atomic E-state index is 12.0. The van der Waals surface area contributed by atoms with Gasteiger partial charge in [-0.3, -0.25) is 4.79 Å². The van der Waals surface area contributed by atoms with Crippen molar-refractivity contribution in [2.24, 2.45) is 0 Å². The van der Waals surface area contributed by atoms with E-state index in [2.05, 4.69) is 0 Å². The van der Waals surface area contributed by atoms with Gasteiger partial charge in [0, 0.05) is 11.1 Å². The summed E-state index contributed by atoms with van der Waals surface area (Å²) in [4.78, 5) is 23.5. The van der Waals surface area contributed by atoms with Crippen LogP contribution < -0.4 is 4.74 Å². The van der Waals surface area contributed by atoms with Gasteiger partial charge in [-0.1, -0.05) is 0 Å². The highest BCUT2D eigenvalue weighted by molar-refractivity contribution is 5.94. The molecule has 2 rings (SSSR count). The van der Waals surface area contributed by atoms with E-state index < -0.39 is 5.97 Å². The standard InChI is InChI=1S/C18H18O5/c1-3-22-17-9-6-14(12(2)19)10-15(17)11-23-18(21)13-4-7-16(20)8-5-13/h4-10,20H,3,11H2,1-2H3. The number of phenols is 1. The van der Waals surface area contributed by atoms with Crippen molar-refractivity contribution >= 4 is 11.8 Å². The number of carbonyl (C=O) groups is 2. The van der Waals surface area contributed by atoms with Crippen molar-refractivity contribution in [1.29, 1.82) is 0 Å². The molecule has 0 aliphatic rings. The summed E-state index contributed by atoms with van der Waals surface area (Å²) in [6.07, 6.45) is 0. The summed E-state index contributed by atoms with van der Waals surface area (Å²) >= 11 is 0. The van der Waals surface area contributed by atoms with E-state index >= 15 is 0 Å². The number of Topliss-reactive ketones (excluding diaryl/α,β-unsaturated/α-hetero) is 1. The average Bonchev–Trinajstić information content (AvgIpc) is 2.54. The molecule has 0 amide bonds. The Labute approximate surface area is 134 Å². The summed E-state index contributed by atoms with van der Waals surface area (Å²) in [5.74, 6) is 0.0742. The van der Waals surface area contributed by atoms with Gasteiger partial charge in [0.25, 0.3) is 0 Å². The lowest BCUT2D eigenvalue weighted by molar-refractivity contribution is 0.0469. The van der Waals surface area contributed by atoms with Crippen molar-refractivity contribution in [1.82, 2.24) is 0 Å². The Bertz CT molecular complexity index is 704. The maximum Gasteiger partial charge on any atom is 0.338 e. The Kier molecular flexibility index (Phi) is 5.36. The molecule has 2 aromatic carbocycles. The zero-order valence-corrected chi connectivity index (χ0v) is 13.0. The van der Waals surface area contributed by atoms with Crippen LogP contribution >= 0.6 is 0 Å². The van der Waals surface area contributed by atoms with E-state index in [0.717, 1.165) is 0 Å². The summed E-state index contributed by atoms with van der Waals surface area (Å²) < 4.78 is 10.8. The smallest absolute Gasteiger partial charge is 0.338 e. The van der Waals surface area contributed by atoms with Crippen LogP contribution in [0.3, 0.4) is 0 Å². The molecule has 0 heterocycles. The first-order valence-electron chi connectivity index (χ1n) is 7.24. The van der Waals surface area contributed by atoms with Crippen LogP contribution in [-0.4, -0.2) is 23.5 Å². The molecule has 0 saturated carbocycles. The average molecular weight is 314 g/mol. The second-order valence-electron chi connectivity index (χ2n) is 4.93. The van der Waals surface area contributed by atoms with Gasteiger partial charge in [-0.2, -0.15) is 0 Å². The van der Waals surface area contributed by atoms with E-state index in [1.807, 2.05) is 6.92 Å². The Morgan fingerprint density at radius 1 is 1.04 bits per heavy atom. The molecule has 0 atom stereocenters. The van der Waals surface area contributed by atoms with Gasteiger partial charge in [0.05, 0.1) is 12.2 Å². The summed E-state index contributed by atoms with van der Waals surface area (Å²) in [6, 6.07) is 10.8. The SMILES string of the molecule is CCOc1ccc(C(C)=O)cc1COC(=O)c1ccc(O)cc1. The van der Waals surface area contributed by atoms with Gasteiger partial charge in [0.1, 0.15) is 18.1 Å². The highest BCUT2D eigenvalue weighted by atomic mass is 16.5. The molecule has 0 unspecified atom stereocenters. The molecular formula is C18H18O5. The predicted molar refractivity (Wildman–Crippen MR) is 84.8 cm³/mol. The third kappa shape index (κ3) is 4.32.